The summed E-state index contributed by atoms with van der Waals surface area (Å²) in [6.07, 6.45) is 0.878. The summed E-state index contributed by atoms with van der Waals surface area (Å²) in [7, 11) is 0. The van der Waals surface area contributed by atoms with E-state index >= 15 is 0 Å². The fraction of sp³-hybridized carbons (Fsp3) is 0.188. The molecule has 5 nitrogen and oxygen atoms in total. The zero-order chi connectivity index (χ0) is 25.2. The van der Waals surface area contributed by atoms with Crippen molar-refractivity contribution in [1.29, 1.82) is 0 Å². The van der Waals surface area contributed by atoms with Gasteiger partial charge in [0.15, 0.2) is 0 Å². The van der Waals surface area contributed by atoms with Gasteiger partial charge in [-0.2, -0.15) is 5.10 Å². The Balaban J connectivity index is 1.24. The van der Waals surface area contributed by atoms with Gasteiger partial charge in [0, 0.05) is 19.0 Å². The van der Waals surface area contributed by atoms with Crippen LogP contribution in [0.1, 0.15) is 49.0 Å². The second kappa shape index (κ2) is 9.94. The minimum atomic E-state index is 0.173. The van der Waals surface area contributed by atoms with Gasteiger partial charge < -0.3 is 9.88 Å². The summed E-state index contributed by atoms with van der Waals surface area (Å²) in [4.78, 5) is 4.84. The molecule has 5 heteroatoms. The van der Waals surface area contributed by atoms with Gasteiger partial charge in [-0.05, 0) is 54.8 Å². The van der Waals surface area contributed by atoms with Crippen molar-refractivity contribution in [3.05, 3.63) is 126 Å². The molecule has 4 aromatic carbocycles. The molecule has 0 aliphatic carbocycles. The van der Waals surface area contributed by atoms with Crippen LogP contribution in [0.5, 0.6) is 0 Å². The van der Waals surface area contributed by atoms with Gasteiger partial charge >= 0.3 is 0 Å². The number of nitrogens with one attached hydrogen (secondary N) is 1. The van der Waals surface area contributed by atoms with Crippen LogP contribution in [-0.2, 0) is 6.54 Å². The lowest BCUT2D eigenvalue weighted by atomic mass is 9.98. The molecule has 184 valence electrons. The molecule has 1 aliphatic rings. The van der Waals surface area contributed by atoms with Crippen LogP contribution in [0.25, 0.3) is 11.0 Å². The van der Waals surface area contributed by atoms with Gasteiger partial charge in [0.2, 0.25) is 5.95 Å². The van der Waals surface area contributed by atoms with Crippen molar-refractivity contribution in [3.8, 4) is 0 Å². The third-order valence-corrected chi connectivity index (χ3v) is 6.97. The Bertz CT molecular complexity index is 1520. The maximum Gasteiger partial charge on any atom is 0.204 e. The Labute approximate surface area is 218 Å². The first-order valence-corrected chi connectivity index (χ1v) is 12.9. The number of imidazole rings is 1. The summed E-state index contributed by atoms with van der Waals surface area (Å²) in [5, 5.41) is 10.8. The summed E-state index contributed by atoms with van der Waals surface area (Å²) >= 11 is 0. The molecule has 1 aliphatic heterocycles. The van der Waals surface area contributed by atoms with Gasteiger partial charge in [-0.25, -0.2) is 4.98 Å². The maximum absolute atomic E-state index is 5.09. The average Bonchev–Trinajstić information content (AvgIpc) is 3.55. The van der Waals surface area contributed by atoms with Crippen LogP contribution < -0.4 is 10.3 Å². The summed E-state index contributed by atoms with van der Waals surface area (Å²) in [5.74, 6) is 0.904. The number of aromatic nitrogens is 2. The second-order valence-electron chi connectivity index (χ2n) is 9.80. The maximum atomic E-state index is 5.09. The normalized spacial score (nSPS) is 15.4. The third-order valence-electron chi connectivity index (χ3n) is 6.97. The molecular weight excluding hydrogens is 454 g/mol. The molecule has 0 spiro atoms. The summed E-state index contributed by atoms with van der Waals surface area (Å²) in [5.41, 5.74) is 8.04. The Morgan fingerprint density at radius 3 is 2.22 bits per heavy atom. The van der Waals surface area contributed by atoms with E-state index in [1.807, 2.05) is 6.07 Å². The molecule has 0 saturated carbocycles. The number of nitrogens with zero attached hydrogens (tertiary/aromatic N) is 4. The van der Waals surface area contributed by atoms with E-state index < -0.39 is 0 Å². The molecule has 5 aromatic rings. The molecule has 0 unspecified atom stereocenters. The molecular formula is C32H31N5. The van der Waals surface area contributed by atoms with Crippen molar-refractivity contribution < 1.29 is 0 Å². The monoisotopic (exact) mass is 485 g/mol. The molecule has 1 aromatic heterocycles. The van der Waals surface area contributed by atoms with E-state index in [9.17, 15) is 0 Å². The summed E-state index contributed by atoms with van der Waals surface area (Å²) < 4.78 is 2.26. The van der Waals surface area contributed by atoms with E-state index in [2.05, 4.69) is 132 Å². The number of hydrogen-bond donors (Lipinski definition) is 1. The topological polar surface area (TPSA) is 45.5 Å². The highest BCUT2D eigenvalue weighted by molar-refractivity contribution is 6.03. The summed E-state index contributed by atoms with van der Waals surface area (Å²) in [6.45, 7) is 5.09. The van der Waals surface area contributed by atoms with Crippen LogP contribution in [-0.4, -0.2) is 15.3 Å². The highest BCUT2D eigenvalue weighted by Gasteiger charge is 2.29. The first-order chi connectivity index (χ1) is 18.2. The largest absolute Gasteiger partial charge is 0.352 e. The zero-order valence-electron chi connectivity index (χ0n) is 21.3. The highest BCUT2D eigenvalue weighted by Crippen LogP contribution is 2.36. The van der Waals surface area contributed by atoms with Crippen LogP contribution in [0.4, 0.5) is 11.6 Å². The van der Waals surface area contributed by atoms with Crippen molar-refractivity contribution >= 4 is 28.4 Å². The predicted octanol–water partition coefficient (Wildman–Crippen LogP) is 7.59. The van der Waals surface area contributed by atoms with E-state index in [1.165, 1.54) is 16.7 Å². The molecule has 0 radical (unpaired) electrons. The fourth-order valence-electron chi connectivity index (χ4n) is 5.13. The van der Waals surface area contributed by atoms with Gasteiger partial charge in [-0.1, -0.05) is 84.9 Å². The second-order valence-corrected chi connectivity index (χ2v) is 9.80. The van der Waals surface area contributed by atoms with Crippen LogP contribution in [0.15, 0.2) is 114 Å². The van der Waals surface area contributed by atoms with E-state index in [-0.39, 0.29) is 6.04 Å². The van der Waals surface area contributed by atoms with Crippen molar-refractivity contribution in [1.82, 2.24) is 9.55 Å². The molecule has 6 rings (SSSR count). The molecule has 1 atom stereocenters. The first kappa shape index (κ1) is 23.0. The molecule has 0 amide bonds. The number of para-hydroxylation sites is 2. The van der Waals surface area contributed by atoms with Gasteiger partial charge in [-0.15, -0.1) is 0 Å². The van der Waals surface area contributed by atoms with Crippen LogP contribution >= 0.6 is 0 Å². The molecule has 0 bridgehead atoms. The van der Waals surface area contributed by atoms with Crippen molar-refractivity contribution in [2.45, 2.75) is 38.9 Å². The number of hydrazone groups is 1. The number of fused-ring (bicyclic) bond motifs is 1. The predicted molar refractivity (Wildman–Crippen MR) is 153 cm³/mol. The number of rotatable bonds is 7. The van der Waals surface area contributed by atoms with Crippen LogP contribution in [0.2, 0.25) is 0 Å². The van der Waals surface area contributed by atoms with E-state index in [1.54, 1.807) is 0 Å². The Morgan fingerprint density at radius 2 is 1.49 bits per heavy atom. The zero-order valence-corrected chi connectivity index (χ0v) is 21.3. The quantitative estimate of drug-likeness (QED) is 0.258. The van der Waals surface area contributed by atoms with E-state index in [4.69, 9.17) is 10.1 Å². The third kappa shape index (κ3) is 4.60. The minimum Gasteiger partial charge on any atom is -0.352 e. The van der Waals surface area contributed by atoms with E-state index in [0.29, 0.717) is 12.6 Å². The molecule has 2 heterocycles. The highest BCUT2D eigenvalue weighted by atomic mass is 15.5. The van der Waals surface area contributed by atoms with Crippen molar-refractivity contribution in [3.63, 3.8) is 0 Å². The Morgan fingerprint density at radius 1 is 0.811 bits per heavy atom. The number of hydrogen-bond acceptors (Lipinski definition) is 4. The van der Waals surface area contributed by atoms with Gasteiger partial charge in [-0.3, -0.25) is 5.01 Å². The smallest absolute Gasteiger partial charge is 0.204 e. The molecule has 37 heavy (non-hydrogen) atoms. The SMILES string of the molecule is CC(C)n1c(NCc2ccc(N3N=C(c4ccccc4)C[C@@H]3c3ccccc3)cc2)nc2ccccc21. The summed E-state index contributed by atoms with van der Waals surface area (Å²) in [6, 6.07) is 38.7. The van der Waals surface area contributed by atoms with Crippen LogP contribution in [0, 0.1) is 0 Å². The molecule has 1 N–H and O–H groups in total. The van der Waals surface area contributed by atoms with Gasteiger partial charge in [0.25, 0.3) is 0 Å². The first-order valence-electron chi connectivity index (χ1n) is 12.9. The van der Waals surface area contributed by atoms with Gasteiger partial charge in [0.1, 0.15) is 0 Å². The van der Waals surface area contributed by atoms with Gasteiger partial charge in [0.05, 0.1) is 28.5 Å². The van der Waals surface area contributed by atoms with Crippen molar-refractivity contribution in [2.75, 3.05) is 10.3 Å². The van der Waals surface area contributed by atoms with E-state index in [0.717, 1.165) is 34.8 Å². The standard InChI is InChI=1S/C32H31N5/c1-23(2)36-30-16-10-9-15-28(30)34-32(36)33-22-24-17-19-27(20-18-24)37-31(26-13-7-4-8-14-26)21-29(35-37)25-11-5-3-6-12-25/h3-20,23,31H,21-22H2,1-2H3,(H,33,34)/t31-/m1/s1. The lowest BCUT2D eigenvalue weighted by molar-refractivity contribution is 0.622. The Kier molecular flexibility index (Phi) is 6.19. The number of anilines is 2. The lowest BCUT2D eigenvalue weighted by Crippen LogP contribution is -2.18. The molecule has 0 saturated heterocycles. The van der Waals surface area contributed by atoms with Crippen molar-refractivity contribution in [2.24, 2.45) is 5.10 Å². The average molecular weight is 486 g/mol. The fourth-order valence-corrected chi connectivity index (χ4v) is 5.13. The lowest BCUT2D eigenvalue weighted by Gasteiger charge is -2.24. The minimum absolute atomic E-state index is 0.173. The van der Waals surface area contributed by atoms with Crippen LogP contribution in [0.3, 0.4) is 0 Å². The Hall–Kier alpha value is -4.38. The molecule has 0 fully saturated rings. The number of benzene rings is 4.